The number of carbonyl (C=O) groups is 3. The quantitative estimate of drug-likeness (QED) is 0.492. The molecule has 1 saturated carbocycles. The fourth-order valence-electron chi connectivity index (χ4n) is 3.28. The van der Waals surface area contributed by atoms with Crippen LogP contribution in [0.1, 0.15) is 86.0 Å². The van der Waals surface area contributed by atoms with E-state index in [2.05, 4.69) is 10.6 Å². The number of hydrogen-bond acceptors (Lipinski definition) is 4. The SMILES string of the molecule is CC.CCCC(=O)NCCCOCCC(=O)NC1CCC(C(=O)C(C)C)CC1. The molecule has 164 valence electrons. The van der Waals surface area contributed by atoms with E-state index in [1.807, 2.05) is 34.6 Å². The Morgan fingerprint density at radius 1 is 0.964 bits per heavy atom. The average Bonchev–Trinajstić information content (AvgIpc) is 2.69. The van der Waals surface area contributed by atoms with E-state index < -0.39 is 0 Å². The molecule has 0 aromatic rings. The first-order chi connectivity index (χ1) is 13.4. The molecule has 0 radical (unpaired) electrons. The summed E-state index contributed by atoms with van der Waals surface area (Å²) in [5, 5.41) is 5.88. The van der Waals surface area contributed by atoms with Gasteiger partial charge in [0.2, 0.25) is 11.8 Å². The molecule has 28 heavy (non-hydrogen) atoms. The van der Waals surface area contributed by atoms with Gasteiger partial charge in [-0.05, 0) is 38.5 Å². The third-order valence-electron chi connectivity index (χ3n) is 4.80. The first-order valence-corrected chi connectivity index (χ1v) is 11.1. The molecule has 1 aliphatic rings. The van der Waals surface area contributed by atoms with Crippen LogP contribution in [0.2, 0.25) is 0 Å². The molecule has 0 atom stereocenters. The van der Waals surface area contributed by atoms with E-state index in [0.717, 1.165) is 38.5 Å². The van der Waals surface area contributed by atoms with Crippen molar-refractivity contribution < 1.29 is 19.1 Å². The van der Waals surface area contributed by atoms with E-state index in [4.69, 9.17) is 4.74 Å². The molecule has 1 rings (SSSR count). The van der Waals surface area contributed by atoms with Gasteiger partial charge in [0, 0.05) is 43.9 Å². The Balaban J connectivity index is 0.00000352. The third kappa shape index (κ3) is 12.1. The first kappa shape index (κ1) is 26.6. The molecule has 0 bridgehead atoms. The highest BCUT2D eigenvalue weighted by atomic mass is 16.5. The summed E-state index contributed by atoms with van der Waals surface area (Å²) in [6.07, 6.45) is 6.05. The lowest BCUT2D eigenvalue weighted by Gasteiger charge is -2.29. The highest BCUT2D eigenvalue weighted by molar-refractivity contribution is 5.83. The Hall–Kier alpha value is -1.43. The van der Waals surface area contributed by atoms with Gasteiger partial charge in [0.1, 0.15) is 5.78 Å². The van der Waals surface area contributed by atoms with Crippen molar-refractivity contribution in [2.75, 3.05) is 19.8 Å². The largest absolute Gasteiger partial charge is 0.381 e. The van der Waals surface area contributed by atoms with Gasteiger partial charge in [-0.2, -0.15) is 0 Å². The van der Waals surface area contributed by atoms with Crippen molar-refractivity contribution in [2.45, 2.75) is 92.0 Å². The second-order valence-corrected chi connectivity index (χ2v) is 7.49. The zero-order valence-corrected chi connectivity index (χ0v) is 18.6. The first-order valence-electron chi connectivity index (χ1n) is 11.1. The lowest BCUT2D eigenvalue weighted by atomic mass is 9.80. The number of Topliss-reactive ketones (excluding diaryl/α,β-unsaturated/α-hetero) is 1. The van der Waals surface area contributed by atoms with Crippen molar-refractivity contribution in [3.05, 3.63) is 0 Å². The minimum absolute atomic E-state index is 0.0138. The number of ether oxygens (including phenoxy) is 1. The van der Waals surface area contributed by atoms with Gasteiger partial charge in [-0.15, -0.1) is 0 Å². The summed E-state index contributed by atoms with van der Waals surface area (Å²) in [7, 11) is 0. The molecule has 6 heteroatoms. The second kappa shape index (κ2) is 16.5. The van der Waals surface area contributed by atoms with Crippen LogP contribution in [0.3, 0.4) is 0 Å². The molecule has 0 spiro atoms. The fourth-order valence-corrected chi connectivity index (χ4v) is 3.28. The fraction of sp³-hybridized carbons (Fsp3) is 0.864. The molecular formula is C22H42N2O4. The highest BCUT2D eigenvalue weighted by Gasteiger charge is 2.28. The molecule has 1 fully saturated rings. The lowest BCUT2D eigenvalue weighted by molar-refractivity contribution is -0.127. The summed E-state index contributed by atoms with van der Waals surface area (Å²) < 4.78 is 5.45. The minimum Gasteiger partial charge on any atom is -0.381 e. The van der Waals surface area contributed by atoms with Gasteiger partial charge < -0.3 is 15.4 Å². The van der Waals surface area contributed by atoms with E-state index in [1.54, 1.807) is 0 Å². The molecule has 0 aliphatic heterocycles. The summed E-state index contributed by atoms with van der Waals surface area (Å²) in [5.74, 6) is 0.721. The Morgan fingerprint density at radius 3 is 2.18 bits per heavy atom. The highest BCUT2D eigenvalue weighted by Crippen LogP contribution is 2.27. The molecule has 0 aromatic carbocycles. The van der Waals surface area contributed by atoms with Gasteiger partial charge >= 0.3 is 0 Å². The van der Waals surface area contributed by atoms with Gasteiger partial charge in [-0.1, -0.05) is 34.6 Å². The molecule has 0 aromatic heterocycles. The summed E-state index contributed by atoms with van der Waals surface area (Å²) >= 11 is 0. The maximum Gasteiger partial charge on any atom is 0.222 e. The average molecular weight is 399 g/mol. The molecular weight excluding hydrogens is 356 g/mol. The van der Waals surface area contributed by atoms with Crippen molar-refractivity contribution in [2.24, 2.45) is 11.8 Å². The number of amides is 2. The predicted molar refractivity (Wildman–Crippen MR) is 113 cm³/mol. The zero-order chi connectivity index (χ0) is 21.4. The summed E-state index contributed by atoms with van der Waals surface area (Å²) in [4.78, 5) is 35.3. The Kier molecular flexibility index (Phi) is 15.7. The topological polar surface area (TPSA) is 84.5 Å². The van der Waals surface area contributed by atoms with Gasteiger partial charge in [0.05, 0.1) is 6.61 Å². The third-order valence-corrected chi connectivity index (χ3v) is 4.80. The summed E-state index contributed by atoms with van der Waals surface area (Å²) in [6.45, 7) is 11.4. The van der Waals surface area contributed by atoms with Crippen molar-refractivity contribution in [1.82, 2.24) is 10.6 Å². The van der Waals surface area contributed by atoms with Crippen LogP contribution in [0.25, 0.3) is 0 Å². The molecule has 0 unspecified atom stereocenters. The van der Waals surface area contributed by atoms with E-state index in [-0.39, 0.29) is 29.7 Å². The summed E-state index contributed by atoms with van der Waals surface area (Å²) in [6, 6.07) is 0.187. The van der Waals surface area contributed by atoms with E-state index >= 15 is 0 Å². The second-order valence-electron chi connectivity index (χ2n) is 7.49. The maximum atomic E-state index is 12.0. The number of nitrogens with one attached hydrogen (secondary N) is 2. The van der Waals surface area contributed by atoms with E-state index in [1.165, 1.54) is 0 Å². The Morgan fingerprint density at radius 2 is 1.61 bits per heavy atom. The smallest absolute Gasteiger partial charge is 0.222 e. The normalized spacial score (nSPS) is 18.8. The van der Waals surface area contributed by atoms with Crippen LogP contribution >= 0.6 is 0 Å². The lowest BCUT2D eigenvalue weighted by Crippen LogP contribution is -2.39. The van der Waals surface area contributed by atoms with Gasteiger partial charge in [-0.3, -0.25) is 14.4 Å². The number of ketones is 1. The summed E-state index contributed by atoms with van der Waals surface area (Å²) in [5.41, 5.74) is 0. The van der Waals surface area contributed by atoms with Crippen molar-refractivity contribution >= 4 is 17.6 Å². The van der Waals surface area contributed by atoms with Crippen LogP contribution in [0.5, 0.6) is 0 Å². The van der Waals surface area contributed by atoms with Crippen LogP contribution in [0, 0.1) is 11.8 Å². The predicted octanol–water partition coefficient (Wildman–Crippen LogP) is 3.63. The standard InChI is InChI=1S/C20H36N2O4.C2H6/c1-4-6-18(23)21-12-5-13-26-14-11-19(24)22-17-9-7-16(8-10-17)20(25)15(2)3;1-2/h15-17H,4-14H2,1-3H3,(H,21,23)(H,22,24);1-2H3. The Labute approximate surface area is 171 Å². The van der Waals surface area contributed by atoms with Crippen LogP contribution in [0.4, 0.5) is 0 Å². The van der Waals surface area contributed by atoms with Crippen molar-refractivity contribution in [3.63, 3.8) is 0 Å². The van der Waals surface area contributed by atoms with Crippen LogP contribution in [-0.2, 0) is 19.1 Å². The van der Waals surface area contributed by atoms with Crippen molar-refractivity contribution in [3.8, 4) is 0 Å². The minimum atomic E-state index is 0.0138. The molecule has 1 aliphatic carbocycles. The zero-order valence-electron chi connectivity index (χ0n) is 18.6. The van der Waals surface area contributed by atoms with Crippen molar-refractivity contribution in [1.29, 1.82) is 0 Å². The number of hydrogen-bond donors (Lipinski definition) is 2. The van der Waals surface area contributed by atoms with Gasteiger partial charge in [-0.25, -0.2) is 0 Å². The van der Waals surface area contributed by atoms with Crippen LogP contribution in [-0.4, -0.2) is 43.4 Å². The van der Waals surface area contributed by atoms with Gasteiger partial charge in [0.25, 0.3) is 0 Å². The molecule has 2 N–H and O–H groups in total. The van der Waals surface area contributed by atoms with Crippen LogP contribution in [0.15, 0.2) is 0 Å². The van der Waals surface area contributed by atoms with Gasteiger partial charge in [0.15, 0.2) is 0 Å². The van der Waals surface area contributed by atoms with E-state index in [0.29, 0.717) is 38.4 Å². The maximum absolute atomic E-state index is 12.0. The Bertz CT molecular complexity index is 444. The molecule has 0 heterocycles. The monoisotopic (exact) mass is 398 g/mol. The van der Waals surface area contributed by atoms with Crippen LogP contribution < -0.4 is 10.6 Å². The molecule has 6 nitrogen and oxygen atoms in total. The molecule has 0 saturated heterocycles. The number of rotatable bonds is 12. The molecule has 2 amide bonds. The number of carbonyl (C=O) groups excluding carboxylic acids is 3. The van der Waals surface area contributed by atoms with E-state index in [9.17, 15) is 14.4 Å².